The van der Waals surface area contributed by atoms with Gasteiger partial charge in [-0.15, -0.1) is 0 Å². The zero-order valence-corrected chi connectivity index (χ0v) is 17.1. The first-order valence-corrected chi connectivity index (χ1v) is 9.88. The van der Waals surface area contributed by atoms with Crippen molar-refractivity contribution in [3.05, 3.63) is 41.5 Å². The number of halogens is 3. The predicted molar refractivity (Wildman–Crippen MR) is 101 cm³/mol. The smallest absolute Gasteiger partial charge is 0.340 e. The van der Waals surface area contributed by atoms with Gasteiger partial charge in [0.25, 0.3) is 0 Å². The van der Waals surface area contributed by atoms with E-state index < -0.39 is 17.9 Å². The van der Waals surface area contributed by atoms with Gasteiger partial charge in [0.15, 0.2) is 0 Å². The quantitative estimate of drug-likeness (QED) is 0.750. The summed E-state index contributed by atoms with van der Waals surface area (Å²) in [6, 6.07) is 0.597. The molecular weight excluding hydrogens is 383 g/mol. The van der Waals surface area contributed by atoms with Crippen molar-refractivity contribution in [2.75, 3.05) is 13.1 Å². The molecule has 0 N–H and O–H groups in total. The van der Waals surface area contributed by atoms with Gasteiger partial charge in [0, 0.05) is 43.5 Å². The van der Waals surface area contributed by atoms with Crippen molar-refractivity contribution in [1.82, 2.24) is 24.4 Å². The molecule has 1 aliphatic heterocycles. The third-order valence-electron chi connectivity index (χ3n) is 5.35. The SMILES string of the molecule is CCc1nccn1[C@@H](C)C(=O)N1CC[C@H](c2nc(C(C)C)cc(C(F)(F)F)n2)C1. The fourth-order valence-corrected chi connectivity index (χ4v) is 3.63. The average molecular weight is 409 g/mol. The van der Waals surface area contributed by atoms with Crippen LogP contribution in [0.1, 0.15) is 75.0 Å². The molecular formula is C20H26F3N5O. The molecule has 1 saturated heterocycles. The normalized spacial score (nSPS) is 18.5. The van der Waals surface area contributed by atoms with Crippen molar-refractivity contribution in [3.63, 3.8) is 0 Å². The van der Waals surface area contributed by atoms with E-state index in [2.05, 4.69) is 15.0 Å². The molecule has 9 heteroatoms. The number of amides is 1. The first kappa shape index (κ1) is 21.3. The molecule has 0 aromatic carbocycles. The second-order valence-electron chi connectivity index (χ2n) is 7.74. The standard InChI is InChI=1S/C20H26F3N5O/c1-5-17-24-7-9-28(17)13(4)19(29)27-8-6-14(11-27)18-25-15(12(2)3)10-16(26-18)20(21,22)23/h7,9-10,12-14H,5-6,8,11H2,1-4H3/t13-,14-/m0/s1. The van der Waals surface area contributed by atoms with Crippen LogP contribution in [0.4, 0.5) is 13.2 Å². The first-order chi connectivity index (χ1) is 13.6. The highest BCUT2D eigenvalue weighted by Crippen LogP contribution is 2.33. The van der Waals surface area contributed by atoms with Crippen molar-refractivity contribution in [3.8, 4) is 0 Å². The molecule has 3 rings (SSSR count). The van der Waals surface area contributed by atoms with Crippen LogP contribution >= 0.6 is 0 Å². The van der Waals surface area contributed by atoms with Crippen molar-refractivity contribution in [2.45, 2.75) is 64.6 Å². The third kappa shape index (κ3) is 4.43. The van der Waals surface area contributed by atoms with Gasteiger partial charge in [0.1, 0.15) is 23.4 Å². The molecule has 0 radical (unpaired) electrons. The number of hydrogen-bond donors (Lipinski definition) is 0. The van der Waals surface area contributed by atoms with Crippen LogP contribution in [0.3, 0.4) is 0 Å². The molecule has 2 aromatic heterocycles. The van der Waals surface area contributed by atoms with Crippen molar-refractivity contribution in [2.24, 2.45) is 0 Å². The number of carbonyl (C=O) groups excluding carboxylic acids is 1. The van der Waals surface area contributed by atoms with Gasteiger partial charge in [-0.3, -0.25) is 4.79 Å². The minimum Gasteiger partial charge on any atom is -0.340 e. The first-order valence-electron chi connectivity index (χ1n) is 9.88. The molecule has 0 saturated carbocycles. The lowest BCUT2D eigenvalue weighted by Gasteiger charge is -2.23. The van der Waals surface area contributed by atoms with E-state index in [1.165, 1.54) is 0 Å². The fourth-order valence-electron chi connectivity index (χ4n) is 3.63. The molecule has 0 unspecified atom stereocenters. The number of aryl methyl sites for hydroxylation is 1. The Balaban J connectivity index is 1.80. The van der Waals surface area contributed by atoms with Gasteiger partial charge in [-0.05, 0) is 25.3 Å². The Labute approximate surface area is 168 Å². The van der Waals surface area contributed by atoms with Crippen LogP contribution in [0.5, 0.6) is 0 Å². The highest BCUT2D eigenvalue weighted by molar-refractivity contribution is 5.80. The highest BCUT2D eigenvalue weighted by atomic mass is 19.4. The second-order valence-corrected chi connectivity index (χ2v) is 7.74. The number of imidazole rings is 1. The van der Waals surface area contributed by atoms with E-state index >= 15 is 0 Å². The summed E-state index contributed by atoms with van der Waals surface area (Å²) in [5.74, 6) is 0.467. The Hall–Kier alpha value is -2.45. The van der Waals surface area contributed by atoms with E-state index in [-0.39, 0.29) is 23.6 Å². The number of carbonyl (C=O) groups is 1. The summed E-state index contributed by atoms with van der Waals surface area (Å²) in [5, 5.41) is 0. The highest BCUT2D eigenvalue weighted by Gasteiger charge is 2.37. The van der Waals surface area contributed by atoms with Crippen LogP contribution < -0.4 is 0 Å². The summed E-state index contributed by atoms with van der Waals surface area (Å²) < 4.78 is 41.7. The Morgan fingerprint density at radius 2 is 2.00 bits per heavy atom. The molecule has 2 atom stereocenters. The number of alkyl halides is 3. The minimum atomic E-state index is -4.53. The Morgan fingerprint density at radius 1 is 1.28 bits per heavy atom. The summed E-state index contributed by atoms with van der Waals surface area (Å²) in [7, 11) is 0. The van der Waals surface area contributed by atoms with Crippen LogP contribution in [-0.4, -0.2) is 43.4 Å². The average Bonchev–Trinajstić information content (AvgIpc) is 3.35. The van der Waals surface area contributed by atoms with Gasteiger partial charge in [-0.1, -0.05) is 20.8 Å². The molecule has 0 spiro atoms. The monoisotopic (exact) mass is 409 g/mol. The summed E-state index contributed by atoms with van der Waals surface area (Å²) in [6.45, 7) is 8.18. The van der Waals surface area contributed by atoms with E-state index in [1.54, 1.807) is 31.1 Å². The summed E-state index contributed by atoms with van der Waals surface area (Å²) in [5.41, 5.74) is -0.554. The van der Waals surface area contributed by atoms with E-state index in [4.69, 9.17) is 0 Å². The molecule has 0 bridgehead atoms. The number of likely N-dealkylation sites (tertiary alicyclic amines) is 1. The van der Waals surface area contributed by atoms with Crippen LogP contribution in [0.25, 0.3) is 0 Å². The van der Waals surface area contributed by atoms with Gasteiger partial charge in [0.05, 0.1) is 0 Å². The van der Waals surface area contributed by atoms with E-state index in [9.17, 15) is 18.0 Å². The minimum absolute atomic E-state index is 0.0729. The number of hydrogen-bond acceptors (Lipinski definition) is 4. The molecule has 1 fully saturated rings. The molecule has 1 aliphatic rings. The van der Waals surface area contributed by atoms with Gasteiger partial charge in [-0.2, -0.15) is 13.2 Å². The Morgan fingerprint density at radius 3 is 2.62 bits per heavy atom. The van der Waals surface area contributed by atoms with Crippen LogP contribution in [-0.2, 0) is 17.4 Å². The maximum absolute atomic E-state index is 13.3. The van der Waals surface area contributed by atoms with Crippen molar-refractivity contribution < 1.29 is 18.0 Å². The lowest BCUT2D eigenvalue weighted by atomic mass is 10.1. The molecule has 2 aromatic rings. The number of rotatable bonds is 5. The molecule has 0 aliphatic carbocycles. The van der Waals surface area contributed by atoms with E-state index in [0.29, 0.717) is 31.6 Å². The van der Waals surface area contributed by atoms with Crippen LogP contribution in [0, 0.1) is 0 Å². The maximum atomic E-state index is 13.3. The van der Waals surface area contributed by atoms with Gasteiger partial charge < -0.3 is 9.47 Å². The largest absolute Gasteiger partial charge is 0.433 e. The fraction of sp³-hybridized carbons (Fsp3) is 0.600. The van der Waals surface area contributed by atoms with Crippen LogP contribution in [0.2, 0.25) is 0 Å². The van der Waals surface area contributed by atoms with Gasteiger partial charge in [0.2, 0.25) is 5.91 Å². The lowest BCUT2D eigenvalue weighted by Crippen LogP contribution is -2.35. The van der Waals surface area contributed by atoms with E-state index in [0.717, 1.165) is 11.9 Å². The number of nitrogens with zero attached hydrogens (tertiary/aromatic N) is 5. The van der Waals surface area contributed by atoms with Gasteiger partial charge in [-0.25, -0.2) is 15.0 Å². The maximum Gasteiger partial charge on any atom is 0.433 e. The molecule has 158 valence electrons. The second kappa shape index (κ2) is 8.12. The molecule has 3 heterocycles. The molecule has 29 heavy (non-hydrogen) atoms. The predicted octanol–water partition coefficient (Wildman–Crippen LogP) is 3.95. The topological polar surface area (TPSA) is 63.9 Å². The Bertz CT molecular complexity index is 877. The summed E-state index contributed by atoms with van der Waals surface area (Å²) in [4.78, 5) is 27.1. The lowest BCUT2D eigenvalue weighted by molar-refractivity contribution is -0.141. The summed E-state index contributed by atoms with van der Waals surface area (Å²) >= 11 is 0. The zero-order valence-electron chi connectivity index (χ0n) is 17.1. The zero-order chi connectivity index (χ0) is 21.3. The molecule has 1 amide bonds. The summed E-state index contributed by atoms with van der Waals surface area (Å²) in [6.07, 6.45) is 0.173. The number of aromatic nitrogens is 4. The third-order valence-corrected chi connectivity index (χ3v) is 5.35. The van der Waals surface area contributed by atoms with Crippen molar-refractivity contribution in [1.29, 1.82) is 0 Å². The van der Waals surface area contributed by atoms with E-state index in [1.807, 2.05) is 18.4 Å². The van der Waals surface area contributed by atoms with Crippen LogP contribution in [0.15, 0.2) is 18.5 Å². The Kier molecular flexibility index (Phi) is 5.95. The molecule has 6 nitrogen and oxygen atoms in total. The van der Waals surface area contributed by atoms with Gasteiger partial charge >= 0.3 is 6.18 Å². The van der Waals surface area contributed by atoms with Crippen molar-refractivity contribution >= 4 is 5.91 Å².